The molecule has 0 saturated carbocycles. The zero-order valence-electron chi connectivity index (χ0n) is 10.3. The van der Waals surface area contributed by atoms with Crippen molar-refractivity contribution in [2.45, 2.75) is 25.0 Å². The second-order valence-electron chi connectivity index (χ2n) is 4.53. The fourth-order valence-electron chi connectivity index (χ4n) is 2.27. The van der Waals surface area contributed by atoms with Crippen LogP contribution in [0.5, 0.6) is 0 Å². The minimum absolute atomic E-state index is 0.0524. The monoisotopic (exact) mass is 270 g/mol. The third kappa shape index (κ3) is 3.07. The molecule has 6 heteroatoms. The van der Waals surface area contributed by atoms with Gasteiger partial charge in [-0.3, -0.25) is 4.79 Å². The van der Waals surface area contributed by atoms with Crippen molar-refractivity contribution >= 4 is 22.9 Å². The molecule has 0 spiro atoms. The summed E-state index contributed by atoms with van der Waals surface area (Å²) in [6.45, 7) is 2.74. The van der Waals surface area contributed by atoms with E-state index in [0.717, 1.165) is 18.5 Å². The number of likely N-dealkylation sites (tertiary alicyclic amines) is 1. The van der Waals surface area contributed by atoms with E-state index >= 15 is 0 Å². The average Bonchev–Trinajstić information content (AvgIpc) is 2.76. The highest BCUT2D eigenvalue weighted by atomic mass is 32.2. The van der Waals surface area contributed by atoms with Gasteiger partial charge in [-0.15, -0.1) is 0 Å². The van der Waals surface area contributed by atoms with Gasteiger partial charge in [0.1, 0.15) is 0 Å². The molecule has 1 unspecified atom stereocenters. The number of carbonyl (C=O) groups is 2. The number of hydrogen-bond acceptors (Lipinski definition) is 2. The molecule has 2 aliphatic rings. The molecule has 100 valence electrons. The lowest BCUT2D eigenvalue weighted by atomic mass is 10.1. The minimum atomic E-state index is -0.822. The minimum Gasteiger partial charge on any atom is -0.465 e. The van der Waals surface area contributed by atoms with Gasteiger partial charge >= 0.3 is 6.09 Å². The van der Waals surface area contributed by atoms with E-state index in [4.69, 9.17) is 5.11 Å². The third-order valence-electron chi connectivity index (χ3n) is 3.19. The third-order valence-corrected chi connectivity index (χ3v) is 5.62. The molecular weight excluding hydrogens is 252 g/mol. The van der Waals surface area contributed by atoms with E-state index in [9.17, 15) is 9.59 Å². The summed E-state index contributed by atoms with van der Waals surface area (Å²) in [6.07, 6.45) is 2.95. The highest BCUT2D eigenvalue weighted by Gasteiger charge is 2.26. The van der Waals surface area contributed by atoms with Gasteiger partial charge in [-0.1, -0.05) is 0 Å². The van der Waals surface area contributed by atoms with Gasteiger partial charge in [0.05, 0.1) is 0 Å². The van der Waals surface area contributed by atoms with Crippen LogP contribution in [-0.4, -0.2) is 40.3 Å². The Morgan fingerprint density at radius 3 is 2.67 bits per heavy atom. The predicted molar refractivity (Wildman–Crippen MR) is 72.6 cm³/mol. The zero-order valence-corrected chi connectivity index (χ0v) is 11.2. The lowest BCUT2D eigenvalue weighted by Gasteiger charge is -2.33. The Kier molecular flexibility index (Phi) is 3.96. The fraction of sp³-hybridized carbons (Fsp3) is 0.500. The van der Waals surface area contributed by atoms with E-state index in [-0.39, 0.29) is 16.8 Å². The van der Waals surface area contributed by atoms with Crippen LogP contribution in [0, 0.1) is 0 Å². The molecule has 2 amide bonds. The summed E-state index contributed by atoms with van der Waals surface area (Å²) in [7, 11) is -0.348. The number of piperidine rings is 1. The van der Waals surface area contributed by atoms with Crippen LogP contribution in [0.1, 0.15) is 19.8 Å². The SMILES string of the molecule is CC(=O)NC1=C[SH](C2CCN(C(=O)O)CC2)C=C1. The van der Waals surface area contributed by atoms with Gasteiger partial charge in [0, 0.05) is 25.7 Å². The van der Waals surface area contributed by atoms with Crippen LogP contribution in [0.3, 0.4) is 0 Å². The van der Waals surface area contributed by atoms with Crippen molar-refractivity contribution in [1.29, 1.82) is 0 Å². The van der Waals surface area contributed by atoms with Crippen molar-refractivity contribution in [2.24, 2.45) is 0 Å². The van der Waals surface area contributed by atoms with Crippen LogP contribution >= 0.6 is 10.9 Å². The van der Waals surface area contributed by atoms with E-state index in [1.54, 1.807) is 0 Å². The number of amides is 2. The van der Waals surface area contributed by atoms with Crippen molar-refractivity contribution in [3.63, 3.8) is 0 Å². The largest absolute Gasteiger partial charge is 0.465 e. The summed E-state index contributed by atoms with van der Waals surface area (Å²) in [5, 5.41) is 16.5. The van der Waals surface area contributed by atoms with Gasteiger partial charge in [-0.2, -0.15) is 0 Å². The maximum Gasteiger partial charge on any atom is 0.407 e. The molecule has 1 atom stereocenters. The summed E-state index contributed by atoms with van der Waals surface area (Å²) in [4.78, 5) is 23.2. The number of nitrogens with one attached hydrogen (secondary N) is 1. The first-order valence-electron chi connectivity index (χ1n) is 5.99. The molecule has 0 bridgehead atoms. The quantitative estimate of drug-likeness (QED) is 0.668. The Hall–Kier alpha value is -1.43. The van der Waals surface area contributed by atoms with Gasteiger partial charge in [0.2, 0.25) is 5.91 Å². The van der Waals surface area contributed by atoms with Crippen molar-refractivity contribution in [3.8, 4) is 0 Å². The molecule has 0 aromatic carbocycles. The molecule has 5 nitrogen and oxygen atoms in total. The van der Waals surface area contributed by atoms with Gasteiger partial charge in [0.25, 0.3) is 0 Å². The number of thiol groups is 1. The van der Waals surface area contributed by atoms with E-state index in [0.29, 0.717) is 18.3 Å². The Labute approximate surface area is 109 Å². The molecule has 0 aromatic rings. The molecule has 2 heterocycles. The van der Waals surface area contributed by atoms with Crippen molar-refractivity contribution in [2.75, 3.05) is 13.1 Å². The topological polar surface area (TPSA) is 69.6 Å². The summed E-state index contributed by atoms with van der Waals surface area (Å²) in [5.41, 5.74) is 0.884. The number of carboxylic acid groups (broad SMARTS) is 1. The van der Waals surface area contributed by atoms with Gasteiger partial charge in [0.15, 0.2) is 0 Å². The van der Waals surface area contributed by atoms with Gasteiger partial charge < -0.3 is 15.3 Å². The molecule has 1 saturated heterocycles. The molecule has 18 heavy (non-hydrogen) atoms. The first-order chi connectivity index (χ1) is 8.56. The molecule has 1 fully saturated rings. The van der Waals surface area contributed by atoms with Crippen LogP contribution in [0.15, 0.2) is 22.6 Å². The standard InChI is InChI=1S/C12H18N2O3S/c1-9(15)13-10-4-7-18(8-10)11-2-5-14(6-3-11)12(16)17/h4,7-8,11,18H,2-3,5-6H2,1H3,(H,13,15)(H,16,17). The number of allylic oxidation sites excluding steroid dienone is 1. The Bertz CT molecular complexity index is 412. The molecule has 0 aromatic heterocycles. The van der Waals surface area contributed by atoms with E-state index in [1.807, 2.05) is 6.08 Å². The number of hydrogen-bond donors (Lipinski definition) is 3. The average molecular weight is 270 g/mol. The number of carbonyl (C=O) groups excluding carboxylic acids is 1. The summed E-state index contributed by atoms with van der Waals surface area (Å²) < 4.78 is 0. The lowest BCUT2D eigenvalue weighted by Crippen LogP contribution is -2.38. The second-order valence-corrected chi connectivity index (χ2v) is 6.71. The Morgan fingerprint density at radius 1 is 1.44 bits per heavy atom. The van der Waals surface area contributed by atoms with E-state index in [2.05, 4.69) is 16.1 Å². The Balaban J connectivity index is 1.88. The summed E-state index contributed by atoms with van der Waals surface area (Å²) in [5.74, 6) is -0.0524. The van der Waals surface area contributed by atoms with Crippen LogP contribution < -0.4 is 5.32 Å². The summed E-state index contributed by atoms with van der Waals surface area (Å²) >= 11 is 0. The van der Waals surface area contributed by atoms with E-state index < -0.39 is 6.09 Å². The van der Waals surface area contributed by atoms with Gasteiger partial charge in [-0.05, 0) is 35.0 Å². The first-order valence-corrected chi connectivity index (χ1v) is 7.54. The first kappa shape index (κ1) is 13.0. The van der Waals surface area contributed by atoms with Crippen LogP contribution in [-0.2, 0) is 4.79 Å². The highest BCUT2D eigenvalue weighted by Crippen LogP contribution is 2.44. The molecule has 0 radical (unpaired) electrons. The molecule has 2 N–H and O–H groups in total. The van der Waals surface area contributed by atoms with Crippen molar-refractivity contribution in [3.05, 3.63) is 22.6 Å². The highest BCUT2D eigenvalue weighted by molar-refractivity contribution is 8.22. The molecule has 0 aliphatic carbocycles. The smallest absolute Gasteiger partial charge is 0.407 e. The van der Waals surface area contributed by atoms with Crippen molar-refractivity contribution < 1.29 is 14.7 Å². The number of nitrogens with zero attached hydrogens (tertiary/aromatic N) is 1. The Morgan fingerprint density at radius 2 is 2.11 bits per heavy atom. The van der Waals surface area contributed by atoms with E-state index in [1.165, 1.54) is 11.8 Å². The molecular formula is C12H18N2O3S. The predicted octanol–water partition coefficient (Wildman–Crippen LogP) is 1.63. The lowest BCUT2D eigenvalue weighted by molar-refractivity contribution is -0.118. The summed E-state index contributed by atoms with van der Waals surface area (Å²) in [6, 6.07) is 0. The normalized spacial score (nSPS) is 25.9. The second kappa shape index (κ2) is 5.48. The van der Waals surface area contributed by atoms with Crippen LogP contribution in [0.25, 0.3) is 0 Å². The number of rotatable bonds is 2. The zero-order chi connectivity index (χ0) is 13.1. The molecule has 2 aliphatic heterocycles. The fourth-order valence-corrected chi connectivity index (χ4v) is 4.44. The van der Waals surface area contributed by atoms with Crippen molar-refractivity contribution in [1.82, 2.24) is 10.2 Å². The molecule has 2 rings (SSSR count). The maximum absolute atomic E-state index is 11.0. The van der Waals surface area contributed by atoms with Crippen LogP contribution in [0.4, 0.5) is 4.79 Å². The van der Waals surface area contributed by atoms with Gasteiger partial charge in [-0.25, -0.2) is 15.7 Å². The maximum atomic E-state index is 11.0. The van der Waals surface area contributed by atoms with Crippen LogP contribution in [0.2, 0.25) is 0 Å².